The van der Waals surface area contributed by atoms with Crippen LogP contribution in [-0.4, -0.2) is 23.8 Å². The van der Waals surface area contributed by atoms with Crippen molar-refractivity contribution in [3.8, 4) is 0 Å². The number of nitrogens with one attached hydrogen (secondary N) is 1. The Balaban J connectivity index is 1.96. The number of hydrogen-bond acceptors (Lipinski definition) is 6. The first kappa shape index (κ1) is 16.9. The number of nitrogens with zero attached hydrogens (tertiary/aromatic N) is 2. The zero-order valence-corrected chi connectivity index (χ0v) is 12.8. The number of hydrazone groups is 1. The molecule has 1 aromatic heterocycles. The minimum atomic E-state index is -1.53. The number of esters is 1. The molecule has 0 radical (unpaired) electrons. The van der Waals surface area contributed by atoms with Gasteiger partial charge in [-0.25, -0.2) is 18.2 Å². The average Bonchev–Trinajstić information content (AvgIpc) is 2.92. The lowest BCUT2D eigenvalue weighted by Gasteiger charge is -1.98. The van der Waals surface area contributed by atoms with Crippen molar-refractivity contribution >= 4 is 28.7 Å². The number of halogens is 3. The summed E-state index contributed by atoms with van der Waals surface area (Å²) in [6.45, 7) is 2.00. The zero-order chi connectivity index (χ0) is 16.8. The van der Waals surface area contributed by atoms with Gasteiger partial charge in [0.15, 0.2) is 17.5 Å². The highest BCUT2D eigenvalue weighted by Gasteiger charge is 2.10. The summed E-state index contributed by atoms with van der Waals surface area (Å²) in [7, 11) is 0. The fraction of sp³-hybridized carbons (Fsp3) is 0.214. The second kappa shape index (κ2) is 7.73. The normalized spacial score (nSPS) is 11.0. The van der Waals surface area contributed by atoms with E-state index in [4.69, 9.17) is 4.74 Å². The van der Waals surface area contributed by atoms with E-state index in [0.717, 1.165) is 18.3 Å². The molecule has 0 atom stereocenters. The Hall–Kier alpha value is -2.42. The summed E-state index contributed by atoms with van der Waals surface area (Å²) < 4.78 is 43.7. The van der Waals surface area contributed by atoms with E-state index in [1.807, 2.05) is 0 Å². The highest BCUT2D eigenvalue weighted by molar-refractivity contribution is 7.13. The van der Waals surface area contributed by atoms with Gasteiger partial charge in [0.2, 0.25) is 5.13 Å². The minimum Gasteiger partial charge on any atom is -0.466 e. The molecule has 5 nitrogen and oxygen atoms in total. The Morgan fingerprint density at radius 3 is 2.74 bits per heavy atom. The van der Waals surface area contributed by atoms with Crippen LogP contribution < -0.4 is 5.43 Å². The van der Waals surface area contributed by atoms with E-state index < -0.39 is 17.5 Å². The molecule has 0 amide bonds. The van der Waals surface area contributed by atoms with Crippen LogP contribution in [0.1, 0.15) is 18.2 Å². The Morgan fingerprint density at radius 2 is 2.09 bits per heavy atom. The number of aromatic nitrogens is 1. The smallest absolute Gasteiger partial charge is 0.311 e. The van der Waals surface area contributed by atoms with Gasteiger partial charge >= 0.3 is 5.97 Å². The van der Waals surface area contributed by atoms with E-state index in [9.17, 15) is 18.0 Å². The summed E-state index contributed by atoms with van der Waals surface area (Å²) in [4.78, 5) is 15.4. The first-order valence-electron chi connectivity index (χ1n) is 6.53. The van der Waals surface area contributed by atoms with Gasteiger partial charge in [0.25, 0.3) is 0 Å². The summed E-state index contributed by atoms with van der Waals surface area (Å²) in [6, 6.07) is 1.63. The van der Waals surface area contributed by atoms with Gasteiger partial charge in [-0.3, -0.25) is 10.2 Å². The highest BCUT2D eigenvalue weighted by Crippen LogP contribution is 2.16. The van der Waals surface area contributed by atoms with Crippen LogP contribution in [-0.2, 0) is 16.0 Å². The summed E-state index contributed by atoms with van der Waals surface area (Å²) in [5, 5.41) is 5.80. The van der Waals surface area contributed by atoms with Gasteiger partial charge in [0.1, 0.15) is 0 Å². The van der Waals surface area contributed by atoms with E-state index in [1.165, 1.54) is 11.3 Å². The lowest BCUT2D eigenvalue weighted by atomic mass is 10.2. The number of rotatable bonds is 6. The fourth-order valence-corrected chi connectivity index (χ4v) is 2.27. The van der Waals surface area contributed by atoms with Crippen LogP contribution >= 0.6 is 11.3 Å². The van der Waals surface area contributed by atoms with Crippen LogP contribution in [0.2, 0.25) is 0 Å². The molecule has 9 heteroatoms. The molecular weight excluding hydrogens is 331 g/mol. The number of hydrogen-bond donors (Lipinski definition) is 1. The van der Waals surface area contributed by atoms with Crippen LogP contribution in [0.5, 0.6) is 0 Å². The molecule has 0 aliphatic rings. The first-order valence-corrected chi connectivity index (χ1v) is 7.41. The zero-order valence-electron chi connectivity index (χ0n) is 12.0. The average molecular weight is 343 g/mol. The summed E-state index contributed by atoms with van der Waals surface area (Å²) >= 11 is 1.20. The van der Waals surface area contributed by atoms with Gasteiger partial charge in [0.05, 0.1) is 24.9 Å². The van der Waals surface area contributed by atoms with Crippen LogP contribution in [0.4, 0.5) is 18.3 Å². The fourth-order valence-electron chi connectivity index (χ4n) is 1.61. The molecule has 2 aromatic rings. The standard InChI is InChI=1S/C14H12F3N3O2S/c1-2-22-12(21)5-9-7-23-14(19-9)20-18-6-8-3-10(15)13(17)11(16)4-8/h3-4,6-7H,2,5H2,1H3,(H,19,20). The molecule has 0 bridgehead atoms. The second-order valence-corrected chi connectivity index (χ2v) is 5.15. The van der Waals surface area contributed by atoms with E-state index >= 15 is 0 Å². The molecule has 0 aliphatic carbocycles. The predicted octanol–water partition coefficient (Wildman–Crippen LogP) is 3.11. The molecule has 0 fully saturated rings. The maximum absolute atomic E-state index is 13.0. The third-order valence-electron chi connectivity index (χ3n) is 2.56. The second-order valence-electron chi connectivity index (χ2n) is 4.29. The molecule has 1 aromatic carbocycles. The number of carbonyl (C=O) groups is 1. The molecule has 0 unspecified atom stereocenters. The molecule has 0 aliphatic heterocycles. The van der Waals surface area contributed by atoms with Crippen molar-refractivity contribution in [2.75, 3.05) is 12.0 Å². The first-order chi connectivity index (χ1) is 11.0. The molecule has 2 rings (SSSR count). The van der Waals surface area contributed by atoms with Gasteiger partial charge in [0, 0.05) is 10.9 Å². The molecule has 0 saturated carbocycles. The lowest BCUT2D eigenvalue weighted by molar-refractivity contribution is -0.142. The summed E-state index contributed by atoms with van der Waals surface area (Å²) in [5.41, 5.74) is 3.13. The minimum absolute atomic E-state index is 0.0458. The third-order valence-corrected chi connectivity index (χ3v) is 3.36. The Morgan fingerprint density at radius 1 is 1.39 bits per heavy atom. The topological polar surface area (TPSA) is 63.6 Å². The van der Waals surface area contributed by atoms with Gasteiger partial charge in [-0.05, 0) is 19.1 Å². The number of thiazole rings is 1. The van der Waals surface area contributed by atoms with E-state index in [0.29, 0.717) is 17.4 Å². The van der Waals surface area contributed by atoms with Gasteiger partial charge < -0.3 is 4.74 Å². The number of anilines is 1. The van der Waals surface area contributed by atoms with E-state index in [-0.39, 0.29) is 18.0 Å². The SMILES string of the molecule is CCOC(=O)Cc1csc(NN=Cc2cc(F)c(F)c(F)c2)n1. The van der Waals surface area contributed by atoms with Crippen LogP contribution in [0.3, 0.4) is 0 Å². The van der Waals surface area contributed by atoms with Crippen LogP contribution in [0.15, 0.2) is 22.6 Å². The van der Waals surface area contributed by atoms with Crippen molar-refractivity contribution in [3.63, 3.8) is 0 Å². The maximum Gasteiger partial charge on any atom is 0.311 e. The van der Waals surface area contributed by atoms with Crippen molar-refractivity contribution in [2.45, 2.75) is 13.3 Å². The molecule has 23 heavy (non-hydrogen) atoms. The summed E-state index contributed by atoms with van der Waals surface area (Å²) in [6.07, 6.45) is 1.17. The Labute approximate surface area is 133 Å². The largest absolute Gasteiger partial charge is 0.466 e. The monoisotopic (exact) mass is 343 g/mol. The third kappa shape index (κ3) is 4.78. The van der Waals surface area contributed by atoms with Crippen LogP contribution in [0, 0.1) is 17.5 Å². The molecule has 1 heterocycles. The van der Waals surface area contributed by atoms with Gasteiger partial charge in [-0.2, -0.15) is 5.10 Å². The molecular formula is C14H12F3N3O2S. The number of benzene rings is 1. The molecule has 122 valence electrons. The van der Waals surface area contributed by atoms with Gasteiger partial charge in [-0.15, -0.1) is 11.3 Å². The van der Waals surface area contributed by atoms with Crippen molar-refractivity contribution in [2.24, 2.45) is 5.10 Å². The van der Waals surface area contributed by atoms with Crippen molar-refractivity contribution < 1.29 is 22.7 Å². The van der Waals surface area contributed by atoms with Crippen molar-refractivity contribution in [3.05, 3.63) is 46.2 Å². The molecule has 1 N–H and O–H groups in total. The quantitative estimate of drug-likeness (QED) is 0.379. The number of carbonyl (C=O) groups excluding carboxylic acids is 1. The molecule has 0 spiro atoms. The molecule has 0 saturated heterocycles. The predicted molar refractivity (Wildman–Crippen MR) is 80.0 cm³/mol. The number of ether oxygens (including phenoxy) is 1. The lowest BCUT2D eigenvalue weighted by Crippen LogP contribution is -2.07. The maximum atomic E-state index is 13.0. The van der Waals surface area contributed by atoms with E-state index in [1.54, 1.807) is 12.3 Å². The van der Waals surface area contributed by atoms with Crippen molar-refractivity contribution in [1.82, 2.24) is 4.98 Å². The highest BCUT2D eigenvalue weighted by atomic mass is 32.1. The van der Waals surface area contributed by atoms with Crippen LogP contribution in [0.25, 0.3) is 0 Å². The van der Waals surface area contributed by atoms with Crippen molar-refractivity contribution in [1.29, 1.82) is 0 Å². The Kier molecular flexibility index (Phi) is 5.69. The van der Waals surface area contributed by atoms with Gasteiger partial charge in [-0.1, -0.05) is 0 Å². The van der Waals surface area contributed by atoms with E-state index in [2.05, 4.69) is 15.5 Å². The Bertz CT molecular complexity index is 711. The summed E-state index contributed by atoms with van der Waals surface area (Å²) in [5.74, 6) is -4.50.